The van der Waals surface area contributed by atoms with Crippen molar-refractivity contribution in [2.45, 2.75) is 44.7 Å². The average molecular weight is 481 g/mol. The van der Waals surface area contributed by atoms with E-state index >= 15 is 0 Å². The lowest BCUT2D eigenvalue weighted by atomic mass is 9.95. The molecule has 1 atom stereocenters. The number of halogens is 1. The van der Waals surface area contributed by atoms with Crippen LogP contribution in [-0.2, 0) is 11.3 Å². The molecule has 2 saturated heterocycles. The van der Waals surface area contributed by atoms with E-state index in [0.717, 1.165) is 74.7 Å². The molecule has 2 aromatic carbocycles. The Labute approximate surface area is 206 Å². The number of rotatable bonds is 5. The second-order valence-electron chi connectivity index (χ2n) is 9.86. The van der Waals surface area contributed by atoms with Crippen LogP contribution in [0.2, 0.25) is 5.02 Å². The lowest BCUT2D eigenvalue weighted by Gasteiger charge is -2.44. The first-order valence-electron chi connectivity index (χ1n) is 12.4. The molecule has 0 spiro atoms. The van der Waals surface area contributed by atoms with Gasteiger partial charge in [0.15, 0.2) is 0 Å². The van der Waals surface area contributed by atoms with Crippen LogP contribution in [-0.4, -0.2) is 56.0 Å². The number of likely N-dealkylation sites (tertiary alicyclic amines) is 1. The standard InChI is InChI=1S/C27H33ClN4O2/c1-30-25-16-21(7-10-23(25)32-13-3-2-4-24(32)27(30)34)26(33)29-17-19-11-14-31(15-12-19)18-20-5-8-22(28)9-6-20/h5-10,16,19,24H,2-4,11-15,17-18H2,1H3,(H,29,33)/t24-/m0/s1. The molecule has 6 nitrogen and oxygen atoms in total. The number of likely N-dealkylation sites (N-methyl/N-ethyl adjacent to an activating group) is 1. The summed E-state index contributed by atoms with van der Waals surface area (Å²) in [4.78, 5) is 32.2. The second-order valence-corrected chi connectivity index (χ2v) is 10.3. The molecule has 0 unspecified atom stereocenters. The molecule has 180 valence electrons. The van der Waals surface area contributed by atoms with Gasteiger partial charge in [-0.3, -0.25) is 14.5 Å². The van der Waals surface area contributed by atoms with E-state index in [0.29, 0.717) is 18.0 Å². The topological polar surface area (TPSA) is 55.9 Å². The van der Waals surface area contributed by atoms with E-state index in [1.165, 1.54) is 5.56 Å². The minimum atomic E-state index is -0.0620. The van der Waals surface area contributed by atoms with E-state index in [1.807, 2.05) is 37.4 Å². The van der Waals surface area contributed by atoms with E-state index in [9.17, 15) is 9.59 Å². The molecule has 3 aliphatic heterocycles. The number of amides is 2. The molecule has 5 rings (SSSR count). The largest absolute Gasteiger partial charge is 0.358 e. The summed E-state index contributed by atoms with van der Waals surface area (Å²) in [6.07, 6.45) is 5.25. The van der Waals surface area contributed by atoms with Gasteiger partial charge in [0, 0.05) is 37.3 Å². The predicted molar refractivity (Wildman–Crippen MR) is 137 cm³/mol. The highest BCUT2D eigenvalue weighted by Gasteiger charge is 2.38. The van der Waals surface area contributed by atoms with E-state index in [-0.39, 0.29) is 17.9 Å². The Morgan fingerprint density at radius 2 is 1.76 bits per heavy atom. The third kappa shape index (κ3) is 4.80. The number of benzene rings is 2. The van der Waals surface area contributed by atoms with E-state index in [1.54, 1.807) is 4.90 Å². The number of fused-ring (bicyclic) bond motifs is 3. The lowest BCUT2D eigenvalue weighted by molar-refractivity contribution is -0.120. The minimum Gasteiger partial charge on any atom is -0.358 e. The molecule has 34 heavy (non-hydrogen) atoms. The third-order valence-corrected chi connectivity index (χ3v) is 7.86. The van der Waals surface area contributed by atoms with E-state index in [4.69, 9.17) is 11.6 Å². The van der Waals surface area contributed by atoms with E-state index < -0.39 is 0 Å². The molecule has 1 N–H and O–H groups in total. The van der Waals surface area contributed by atoms with Gasteiger partial charge in [-0.15, -0.1) is 0 Å². The quantitative estimate of drug-likeness (QED) is 0.692. The van der Waals surface area contributed by atoms with Crippen LogP contribution in [0.15, 0.2) is 42.5 Å². The SMILES string of the molecule is CN1C(=O)[C@@H]2CCCCN2c2ccc(C(=O)NCC3CCN(Cc4ccc(Cl)cc4)CC3)cc21. The fourth-order valence-electron chi connectivity index (χ4n) is 5.53. The van der Waals surface area contributed by atoms with Gasteiger partial charge in [0.2, 0.25) is 5.91 Å². The third-order valence-electron chi connectivity index (χ3n) is 7.60. The molecular weight excluding hydrogens is 448 g/mol. The van der Waals surface area contributed by atoms with Crippen molar-refractivity contribution in [3.8, 4) is 0 Å². The Bertz CT molecular complexity index is 1050. The Kier molecular flexibility index (Phi) is 6.79. The number of carbonyl (C=O) groups is 2. The molecule has 3 heterocycles. The zero-order valence-corrected chi connectivity index (χ0v) is 20.6. The number of anilines is 2. The van der Waals surface area contributed by atoms with Crippen molar-refractivity contribution in [1.82, 2.24) is 10.2 Å². The van der Waals surface area contributed by atoms with Crippen molar-refractivity contribution in [3.05, 3.63) is 58.6 Å². The van der Waals surface area contributed by atoms with Crippen LogP contribution in [0.5, 0.6) is 0 Å². The van der Waals surface area contributed by atoms with Crippen molar-refractivity contribution >= 4 is 34.8 Å². The summed E-state index contributed by atoms with van der Waals surface area (Å²) in [5.41, 5.74) is 3.81. The van der Waals surface area contributed by atoms with Crippen LogP contribution < -0.4 is 15.1 Å². The van der Waals surface area contributed by atoms with Crippen molar-refractivity contribution in [2.75, 3.05) is 43.0 Å². The second kappa shape index (κ2) is 9.96. The summed E-state index contributed by atoms with van der Waals surface area (Å²) in [7, 11) is 1.83. The summed E-state index contributed by atoms with van der Waals surface area (Å²) in [5.74, 6) is 0.560. The molecule has 0 aromatic heterocycles. The molecule has 2 amide bonds. The van der Waals surface area contributed by atoms with Crippen LogP contribution in [0.1, 0.15) is 48.0 Å². The van der Waals surface area contributed by atoms with Gasteiger partial charge >= 0.3 is 0 Å². The molecule has 0 radical (unpaired) electrons. The fraction of sp³-hybridized carbons (Fsp3) is 0.481. The number of carbonyl (C=O) groups excluding carboxylic acids is 2. The first kappa shape index (κ1) is 23.2. The molecule has 0 aliphatic carbocycles. The minimum absolute atomic E-state index is 0.0588. The number of piperidine rings is 2. The Hall–Kier alpha value is -2.57. The van der Waals surface area contributed by atoms with Crippen LogP contribution >= 0.6 is 11.6 Å². The highest BCUT2D eigenvalue weighted by atomic mass is 35.5. The smallest absolute Gasteiger partial charge is 0.251 e. The zero-order valence-electron chi connectivity index (χ0n) is 19.8. The Morgan fingerprint density at radius 1 is 1.00 bits per heavy atom. The first-order valence-corrected chi connectivity index (χ1v) is 12.8. The molecule has 7 heteroatoms. The summed E-state index contributed by atoms with van der Waals surface area (Å²) in [5, 5.41) is 3.91. The maximum atomic E-state index is 12.9. The summed E-state index contributed by atoms with van der Waals surface area (Å²) in [6.45, 7) is 4.60. The van der Waals surface area contributed by atoms with Crippen molar-refractivity contribution in [3.63, 3.8) is 0 Å². The molecule has 0 saturated carbocycles. The fourth-order valence-corrected chi connectivity index (χ4v) is 5.66. The van der Waals surface area contributed by atoms with E-state index in [2.05, 4.69) is 27.2 Å². The molecule has 2 fully saturated rings. The molecule has 3 aliphatic rings. The number of hydrogen-bond donors (Lipinski definition) is 1. The van der Waals surface area contributed by atoms with Crippen molar-refractivity contribution in [1.29, 1.82) is 0 Å². The van der Waals surface area contributed by atoms with Gasteiger partial charge in [0.05, 0.1) is 11.4 Å². The Balaban J connectivity index is 1.15. The van der Waals surface area contributed by atoms with Crippen LogP contribution in [0.3, 0.4) is 0 Å². The van der Waals surface area contributed by atoms with Gasteiger partial charge in [-0.05, 0) is 87.0 Å². The van der Waals surface area contributed by atoms with Crippen LogP contribution in [0, 0.1) is 5.92 Å². The van der Waals surface area contributed by atoms with Crippen LogP contribution in [0.25, 0.3) is 0 Å². The monoisotopic (exact) mass is 480 g/mol. The average Bonchev–Trinajstić information content (AvgIpc) is 2.87. The van der Waals surface area contributed by atoms with Gasteiger partial charge in [-0.25, -0.2) is 0 Å². The first-order chi connectivity index (χ1) is 16.5. The molecule has 2 aromatic rings. The number of hydrogen-bond acceptors (Lipinski definition) is 4. The normalized spacial score (nSPS) is 21.2. The highest BCUT2D eigenvalue weighted by molar-refractivity contribution is 6.30. The number of nitrogens with one attached hydrogen (secondary N) is 1. The summed E-state index contributed by atoms with van der Waals surface area (Å²) in [6, 6.07) is 13.8. The summed E-state index contributed by atoms with van der Waals surface area (Å²) < 4.78 is 0. The van der Waals surface area contributed by atoms with Crippen LogP contribution in [0.4, 0.5) is 11.4 Å². The van der Waals surface area contributed by atoms with Gasteiger partial charge in [-0.1, -0.05) is 23.7 Å². The highest BCUT2D eigenvalue weighted by Crippen LogP contribution is 2.39. The molecule has 0 bridgehead atoms. The van der Waals surface area contributed by atoms with Crippen molar-refractivity contribution in [2.24, 2.45) is 5.92 Å². The summed E-state index contributed by atoms with van der Waals surface area (Å²) >= 11 is 5.99. The van der Waals surface area contributed by atoms with Gasteiger partial charge in [0.1, 0.15) is 6.04 Å². The molecular formula is C27H33ClN4O2. The lowest BCUT2D eigenvalue weighted by Crippen LogP contribution is -2.54. The Morgan fingerprint density at radius 3 is 2.53 bits per heavy atom. The van der Waals surface area contributed by atoms with Crippen molar-refractivity contribution < 1.29 is 9.59 Å². The zero-order chi connectivity index (χ0) is 23.7. The van der Waals surface area contributed by atoms with Gasteiger partial charge in [-0.2, -0.15) is 0 Å². The maximum Gasteiger partial charge on any atom is 0.251 e. The van der Waals surface area contributed by atoms with Gasteiger partial charge < -0.3 is 15.1 Å². The maximum absolute atomic E-state index is 12.9. The number of nitrogens with zero attached hydrogens (tertiary/aromatic N) is 3. The van der Waals surface area contributed by atoms with Gasteiger partial charge in [0.25, 0.3) is 5.91 Å². The predicted octanol–water partition coefficient (Wildman–Crippen LogP) is 4.32.